The van der Waals surface area contributed by atoms with Gasteiger partial charge in [0, 0.05) is 16.7 Å². The second-order valence-corrected chi connectivity index (χ2v) is 4.94. The quantitative estimate of drug-likeness (QED) is 0.710. The average Bonchev–Trinajstić information content (AvgIpc) is 2.48. The highest BCUT2D eigenvalue weighted by Crippen LogP contribution is 2.17. The van der Waals surface area contributed by atoms with Gasteiger partial charge in [0.25, 0.3) is 5.56 Å². The van der Waals surface area contributed by atoms with E-state index in [1.807, 2.05) is 0 Å². The molecule has 0 aliphatic rings. The predicted octanol–water partition coefficient (Wildman–Crippen LogP) is 3.63. The summed E-state index contributed by atoms with van der Waals surface area (Å²) < 4.78 is 0. The van der Waals surface area contributed by atoms with Crippen molar-refractivity contribution in [1.82, 2.24) is 9.97 Å². The van der Waals surface area contributed by atoms with Crippen LogP contribution >= 0.6 is 11.6 Å². The number of benzene rings is 2. The highest BCUT2D eigenvalue weighted by Gasteiger charge is 2.04. The van der Waals surface area contributed by atoms with Crippen molar-refractivity contribution >= 4 is 34.3 Å². The van der Waals surface area contributed by atoms with Gasteiger partial charge in [-0.2, -0.15) is 0 Å². The third kappa shape index (κ3) is 2.80. The fraction of sp³-hybridized carbons (Fsp3) is 0. The molecular formula is C16H11ClN2O2. The summed E-state index contributed by atoms with van der Waals surface area (Å²) in [6, 6.07) is 13.8. The Labute approximate surface area is 125 Å². The molecule has 0 bridgehead atoms. The van der Waals surface area contributed by atoms with Crippen molar-refractivity contribution < 1.29 is 5.11 Å². The van der Waals surface area contributed by atoms with Crippen LogP contribution in [0.2, 0.25) is 5.02 Å². The first-order valence-corrected chi connectivity index (χ1v) is 6.67. The summed E-state index contributed by atoms with van der Waals surface area (Å²) >= 11 is 5.80. The summed E-state index contributed by atoms with van der Waals surface area (Å²) in [6.07, 6.45) is 1.41. The maximum absolute atomic E-state index is 11.9. The van der Waals surface area contributed by atoms with Gasteiger partial charge in [-0.25, -0.2) is 4.98 Å². The molecule has 0 amide bonds. The van der Waals surface area contributed by atoms with Crippen LogP contribution in [0, 0.1) is 0 Å². The molecule has 104 valence electrons. The van der Waals surface area contributed by atoms with Crippen molar-refractivity contribution in [3.05, 3.63) is 75.3 Å². The number of halogens is 1. The molecule has 21 heavy (non-hydrogen) atoms. The number of aliphatic hydroxyl groups excluding tert-OH is 1. The summed E-state index contributed by atoms with van der Waals surface area (Å²) in [5, 5.41) is 11.2. The van der Waals surface area contributed by atoms with E-state index in [1.165, 1.54) is 6.08 Å². The molecule has 3 rings (SSSR count). The van der Waals surface area contributed by atoms with Crippen LogP contribution in [-0.4, -0.2) is 15.1 Å². The third-order valence-electron chi connectivity index (χ3n) is 3.04. The van der Waals surface area contributed by atoms with E-state index in [0.717, 1.165) is 0 Å². The Morgan fingerprint density at radius 1 is 1.14 bits per heavy atom. The molecule has 0 saturated carbocycles. The highest BCUT2D eigenvalue weighted by atomic mass is 35.5. The Morgan fingerprint density at radius 2 is 1.86 bits per heavy atom. The number of fused-ring (bicyclic) bond motifs is 1. The largest absolute Gasteiger partial charge is 0.507 e. The van der Waals surface area contributed by atoms with E-state index >= 15 is 0 Å². The smallest absolute Gasteiger partial charge is 0.259 e. The second kappa shape index (κ2) is 5.42. The molecule has 0 fully saturated rings. The van der Waals surface area contributed by atoms with Crippen LogP contribution in [0.3, 0.4) is 0 Å². The van der Waals surface area contributed by atoms with Crippen molar-refractivity contribution in [1.29, 1.82) is 0 Å². The summed E-state index contributed by atoms with van der Waals surface area (Å²) in [4.78, 5) is 18.9. The lowest BCUT2D eigenvalue weighted by Crippen LogP contribution is -2.09. The molecule has 0 atom stereocenters. The van der Waals surface area contributed by atoms with E-state index in [4.69, 9.17) is 11.6 Å². The lowest BCUT2D eigenvalue weighted by atomic mass is 10.2. The minimum absolute atomic E-state index is 0.00472. The number of aromatic amines is 1. The first kappa shape index (κ1) is 13.4. The third-order valence-corrected chi connectivity index (χ3v) is 3.30. The minimum Gasteiger partial charge on any atom is -0.507 e. The number of nitrogens with zero attached hydrogens (tertiary/aromatic N) is 1. The highest BCUT2D eigenvalue weighted by molar-refractivity contribution is 6.30. The van der Waals surface area contributed by atoms with Crippen molar-refractivity contribution in [3.63, 3.8) is 0 Å². The van der Waals surface area contributed by atoms with Gasteiger partial charge in [-0.05, 0) is 36.4 Å². The van der Waals surface area contributed by atoms with Gasteiger partial charge in [0.05, 0.1) is 10.9 Å². The zero-order chi connectivity index (χ0) is 14.8. The molecule has 2 aromatic carbocycles. The lowest BCUT2D eigenvalue weighted by Gasteiger charge is -2.02. The number of hydrogen-bond acceptors (Lipinski definition) is 3. The van der Waals surface area contributed by atoms with E-state index in [2.05, 4.69) is 9.97 Å². The van der Waals surface area contributed by atoms with Gasteiger partial charge in [0.1, 0.15) is 11.6 Å². The molecule has 1 heterocycles. The van der Waals surface area contributed by atoms with Crippen molar-refractivity contribution in [3.8, 4) is 0 Å². The predicted molar refractivity (Wildman–Crippen MR) is 84.3 cm³/mol. The number of rotatable bonds is 2. The van der Waals surface area contributed by atoms with Crippen LogP contribution < -0.4 is 5.56 Å². The van der Waals surface area contributed by atoms with Crippen LogP contribution in [0.15, 0.2) is 53.3 Å². The zero-order valence-electron chi connectivity index (χ0n) is 10.9. The summed E-state index contributed by atoms with van der Waals surface area (Å²) in [7, 11) is 0. The molecule has 4 nitrogen and oxygen atoms in total. The number of H-pyrrole nitrogens is 1. The number of para-hydroxylation sites is 1. The van der Waals surface area contributed by atoms with Gasteiger partial charge in [0.15, 0.2) is 0 Å². The second-order valence-electron chi connectivity index (χ2n) is 4.50. The monoisotopic (exact) mass is 298 g/mol. The number of nitrogens with one attached hydrogen (secondary N) is 1. The molecule has 0 unspecified atom stereocenters. The molecule has 0 spiro atoms. The standard InChI is InChI=1S/C16H11ClN2O2/c17-11-7-5-10(6-8-11)14(20)9-15-18-13-4-2-1-3-12(13)16(21)19-15/h1-9,20H,(H,18,19,21)/b14-9-. The molecule has 1 aromatic heterocycles. The SMILES string of the molecule is O=c1[nH]c(/C=C(\O)c2ccc(Cl)cc2)nc2ccccc12. The van der Waals surface area contributed by atoms with Crippen LogP contribution in [0.25, 0.3) is 22.7 Å². The van der Waals surface area contributed by atoms with E-state index < -0.39 is 0 Å². The summed E-state index contributed by atoms with van der Waals surface area (Å²) in [5.74, 6) is 0.302. The number of aliphatic hydroxyl groups is 1. The van der Waals surface area contributed by atoms with Crippen molar-refractivity contribution in [2.75, 3.05) is 0 Å². The normalized spacial score (nSPS) is 11.8. The van der Waals surface area contributed by atoms with Crippen molar-refractivity contribution in [2.24, 2.45) is 0 Å². The van der Waals surface area contributed by atoms with Crippen molar-refractivity contribution in [2.45, 2.75) is 0 Å². The van der Waals surface area contributed by atoms with Crippen LogP contribution in [0.1, 0.15) is 11.4 Å². The van der Waals surface area contributed by atoms with E-state index in [9.17, 15) is 9.90 Å². The molecule has 0 aliphatic heterocycles. The van der Waals surface area contributed by atoms with Gasteiger partial charge >= 0.3 is 0 Å². The first-order chi connectivity index (χ1) is 10.1. The van der Waals surface area contributed by atoms with E-state index in [1.54, 1.807) is 48.5 Å². The number of hydrogen-bond donors (Lipinski definition) is 2. The van der Waals surface area contributed by atoms with Crippen LogP contribution in [-0.2, 0) is 0 Å². The Bertz CT molecular complexity index is 883. The van der Waals surface area contributed by atoms with Gasteiger partial charge < -0.3 is 10.1 Å². The number of aromatic nitrogens is 2. The van der Waals surface area contributed by atoms with Gasteiger partial charge in [0.2, 0.25) is 0 Å². The molecule has 3 aromatic rings. The van der Waals surface area contributed by atoms with E-state index in [-0.39, 0.29) is 11.3 Å². The summed E-state index contributed by atoms with van der Waals surface area (Å²) in [5.41, 5.74) is 0.933. The van der Waals surface area contributed by atoms with Crippen LogP contribution in [0.4, 0.5) is 0 Å². The Morgan fingerprint density at radius 3 is 2.62 bits per heavy atom. The Balaban J connectivity index is 2.06. The Hall–Kier alpha value is -2.59. The molecule has 0 radical (unpaired) electrons. The maximum Gasteiger partial charge on any atom is 0.259 e. The van der Waals surface area contributed by atoms with Crippen LogP contribution in [0.5, 0.6) is 0 Å². The minimum atomic E-state index is -0.240. The molecule has 0 saturated heterocycles. The Kier molecular flexibility index (Phi) is 3.46. The molecule has 0 aliphatic carbocycles. The summed E-state index contributed by atoms with van der Waals surface area (Å²) in [6.45, 7) is 0. The fourth-order valence-corrected chi connectivity index (χ4v) is 2.13. The molecular weight excluding hydrogens is 288 g/mol. The van der Waals surface area contributed by atoms with E-state index in [0.29, 0.717) is 27.3 Å². The molecule has 5 heteroatoms. The fourth-order valence-electron chi connectivity index (χ4n) is 2.01. The molecule has 2 N–H and O–H groups in total. The topological polar surface area (TPSA) is 66.0 Å². The lowest BCUT2D eigenvalue weighted by molar-refractivity contribution is 0.515. The van der Waals surface area contributed by atoms with Gasteiger partial charge in [-0.15, -0.1) is 0 Å². The van der Waals surface area contributed by atoms with Gasteiger partial charge in [-0.1, -0.05) is 23.7 Å². The van der Waals surface area contributed by atoms with Gasteiger partial charge in [-0.3, -0.25) is 4.79 Å². The first-order valence-electron chi connectivity index (χ1n) is 6.29. The average molecular weight is 299 g/mol. The maximum atomic E-state index is 11.9. The zero-order valence-corrected chi connectivity index (χ0v) is 11.6.